The predicted molar refractivity (Wildman–Crippen MR) is 134 cm³/mol. The topological polar surface area (TPSA) is 17.1 Å². The average Bonchev–Trinajstić information content (AvgIpc) is 2.87. The molecular weight excluding hydrogens is 522 g/mol. The summed E-state index contributed by atoms with van der Waals surface area (Å²) in [6.45, 7) is 0. The first-order valence-corrected chi connectivity index (χ1v) is 12.6. The first kappa shape index (κ1) is 24.1. The van der Waals surface area contributed by atoms with E-state index in [-0.39, 0.29) is 24.0 Å². The minimum Gasteiger partial charge on any atom is -1.00 e. The number of hydrogen-bond donors (Lipinski definition) is 0. The number of hydrogen-bond acceptors (Lipinski definition) is 1. The van der Waals surface area contributed by atoms with Crippen molar-refractivity contribution in [1.82, 2.24) is 0 Å². The molecule has 0 amide bonds. The SMILES string of the molecule is O=C=C(CCc1ccccc1)C[P+](c1ccccc1)(c1ccccc1)c1ccccc1.[I-]. The number of benzene rings is 4. The van der Waals surface area contributed by atoms with Gasteiger partial charge in [0.05, 0.1) is 5.57 Å². The van der Waals surface area contributed by atoms with Crippen LogP contribution in [0.2, 0.25) is 0 Å². The Bertz CT molecular complexity index is 1040. The zero-order valence-electron chi connectivity index (χ0n) is 17.9. The molecule has 4 aromatic rings. The summed E-state index contributed by atoms with van der Waals surface area (Å²) in [4.78, 5) is 12.2. The van der Waals surface area contributed by atoms with Crippen LogP contribution in [0.3, 0.4) is 0 Å². The summed E-state index contributed by atoms with van der Waals surface area (Å²) < 4.78 is 0. The smallest absolute Gasteiger partial charge is 0.127 e. The van der Waals surface area contributed by atoms with Crippen LogP contribution in [-0.4, -0.2) is 12.1 Å². The third-order valence-corrected chi connectivity index (χ3v) is 10.1. The second-order valence-corrected chi connectivity index (χ2v) is 11.2. The first-order valence-electron chi connectivity index (χ1n) is 10.6. The van der Waals surface area contributed by atoms with Crippen LogP contribution in [-0.2, 0) is 11.2 Å². The monoisotopic (exact) mass is 548 g/mol. The number of aryl methyl sites for hydroxylation is 1. The molecule has 3 heteroatoms. The van der Waals surface area contributed by atoms with Gasteiger partial charge in [-0.25, -0.2) is 4.79 Å². The predicted octanol–water partition coefficient (Wildman–Crippen LogP) is 2.38. The Balaban J connectivity index is 0.00000289. The van der Waals surface area contributed by atoms with Crippen molar-refractivity contribution in [2.45, 2.75) is 12.8 Å². The van der Waals surface area contributed by atoms with Gasteiger partial charge in [-0.3, -0.25) is 0 Å². The molecule has 0 radical (unpaired) electrons. The van der Waals surface area contributed by atoms with E-state index >= 15 is 0 Å². The Morgan fingerprint density at radius 3 is 1.34 bits per heavy atom. The van der Waals surface area contributed by atoms with Crippen molar-refractivity contribution in [2.24, 2.45) is 0 Å². The highest BCUT2D eigenvalue weighted by atomic mass is 127. The van der Waals surface area contributed by atoms with Crippen molar-refractivity contribution in [1.29, 1.82) is 0 Å². The summed E-state index contributed by atoms with van der Waals surface area (Å²) in [5.41, 5.74) is 2.10. The Hall–Kier alpha value is -2.51. The molecular formula is C29H26IOP. The maximum atomic E-state index is 12.2. The van der Waals surface area contributed by atoms with Crippen molar-refractivity contribution >= 4 is 29.1 Å². The van der Waals surface area contributed by atoms with Crippen LogP contribution in [0.5, 0.6) is 0 Å². The van der Waals surface area contributed by atoms with Gasteiger partial charge in [-0.05, 0) is 54.8 Å². The Morgan fingerprint density at radius 2 is 0.969 bits per heavy atom. The molecule has 0 spiro atoms. The van der Waals surface area contributed by atoms with Crippen molar-refractivity contribution < 1.29 is 28.8 Å². The molecule has 0 saturated carbocycles. The number of allylic oxidation sites excluding steroid dienone is 1. The number of rotatable bonds is 8. The molecule has 0 bridgehead atoms. The lowest BCUT2D eigenvalue weighted by molar-refractivity contribution is -0.00000706. The molecule has 0 aliphatic heterocycles. The minimum absolute atomic E-state index is 0. The zero-order chi connectivity index (χ0) is 21.4. The van der Waals surface area contributed by atoms with Crippen LogP contribution in [0.25, 0.3) is 0 Å². The van der Waals surface area contributed by atoms with Gasteiger partial charge >= 0.3 is 0 Å². The maximum Gasteiger partial charge on any atom is 0.127 e. The second kappa shape index (κ2) is 11.9. The van der Waals surface area contributed by atoms with E-state index in [0.29, 0.717) is 6.16 Å². The fourth-order valence-electron chi connectivity index (χ4n) is 4.16. The van der Waals surface area contributed by atoms with Gasteiger partial charge in [0.2, 0.25) is 0 Å². The van der Waals surface area contributed by atoms with E-state index in [4.69, 9.17) is 0 Å². The normalized spacial score (nSPS) is 10.6. The highest BCUT2D eigenvalue weighted by Gasteiger charge is 2.46. The molecule has 32 heavy (non-hydrogen) atoms. The van der Waals surface area contributed by atoms with Gasteiger partial charge in [-0.2, -0.15) is 0 Å². The summed E-state index contributed by atoms with van der Waals surface area (Å²) in [5, 5.41) is 3.87. The van der Waals surface area contributed by atoms with Crippen LogP contribution in [0, 0.1) is 0 Å². The fraction of sp³-hybridized carbons (Fsp3) is 0.103. The van der Waals surface area contributed by atoms with Gasteiger partial charge in [-0.15, -0.1) is 0 Å². The molecule has 0 fully saturated rings. The summed E-state index contributed by atoms with van der Waals surface area (Å²) in [5.74, 6) is 2.33. The van der Waals surface area contributed by atoms with Gasteiger partial charge < -0.3 is 24.0 Å². The van der Waals surface area contributed by atoms with Crippen molar-refractivity contribution in [2.75, 3.05) is 6.16 Å². The van der Waals surface area contributed by atoms with E-state index in [0.717, 1.165) is 18.4 Å². The first-order chi connectivity index (χ1) is 15.3. The van der Waals surface area contributed by atoms with Crippen LogP contribution >= 0.6 is 7.26 Å². The minimum atomic E-state index is -2.05. The Labute approximate surface area is 208 Å². The lowest BCUT2D eigenvalue weighted by atomic mass is 10.1. The van der Waals surface area contributed by atoms with E-state index in [2.05, 4.69) is 121 Å². The highest BCUT2D eigenvalue weighted by molar-refractivity contribution is 7.95. The Kier molecular flexibility index (Phi) is 9.00. The molecule has 0 unspecified atom stereocenters. The van der Waals surface area contributed by atoms with Gasteiger partial charge in [0.25, 0.3) is 0 Å². The van der Waals surface area contributed by atoms with E-state index in [1.165, 1.54) is 21.5 Å². The Morgan fingerprint density at radius 1 is 0.594 bits per heavy atom. The standard InChI is InChI=1S/C29H26OP.HI/c30-23-26(22-21-25-13-5-1-6-14-25)24-31(27-15-7-2-8-16-27,28-17-9-3-10-18-28)29-19-11-4-12-20-29;/h1-20H,21-22,24H2;1H/q+1;/p-1. The molecule has 0 saturated heterocycles. The third kappa shape index (κ3) is 5.45. The zero-order valence-corrected chi connectivity index (χ0v) is 21.0. The van der Waals surface area contributed by atoms with Crippen LogP contribution in [0.15, 0.2) is 127 Å². The van der Waals surface area contributed by atoms with E-state index in [9.17, 15) is 4.79 Å². The molecule has 0 aliphatic rings. The van der Waals surface area contributed by atoms with Crippen molar-refractivity contribution in [3.05, 3.63) is 132 Å². The summed E-state index contributed by atoms with van der Waals surface area (Å²) in [6, 6.07) is 42.4. The number of carbonyl (C=O) groups excluding carboxylic acids is 1. The molecule has 0 N–H and O–H groups in total. The van der Waals surface area contributed by atoms with Crippen LogP contribution in [0.4, 0.5) is 0 Å². The molecule has 4 rings (SSSR count). The van der Waals surface area contributed by atoms with Gasteiger partial charge in [-0.1, -0.05) is 84.9 Å². The molecule has 4 aromatic carbocycles. The summed E-state index contributed by atoms with van der Waals surface area (Å²) in [6.07, 6.45) is 2.28. The van der Waals surface area contributed by atoms with E-state index in [1.807, 2.05) is 6.07 Å². The molecule has 0 heterocycles. The summed E-state index contributed by atoms with van der Waals surface area (Å²) >= 11 is 0. The molecule has 1 nitrogen and oxygen atoms in total. The fourth-order valence-corrected chi connectivity index (χ4v) is 8.44. The quantitative estimate of drug-likeness (QED) is 0.188. The van der Waals surface area contributed by atoms with Crippen molar-refractivity contribution in [3.8, 4) is 0 Å². The molecule has 160 valence electrons. The lowest BCUT2D eigenvalue weighted by Gasteiger charge is -2.28. The lowest BCUT2D eigenvalue weighted by Crippen LogP contribution is -3.00. The van der Waals surface area contributed by atoms with Crippen LogP contribution < -0.4 is 39.9 Å². The molecule has 0 atom stereocenters. The maximum absolute atomic E-state index is 12.2. The van der Waals surface area contributed by atoms with Gasteiger partial charge in [0, 0.05) is 0 Å². The highest BCUT2D eigenvalue weighted by Crippen LogP contribution is 2.56. The van der Waals surface area contributed by atoms with E-state index < -0.39 is 7.26 Å². The summed E-state index contributed by atoms with van der Waals surface area (Å²) in [7, 11) is -2.05. The van der Waals surface area contributed by atoms with Crippen molar-refractivity contribution in [3.63, 3.8) is 0 Å². The molecule has 0 aliphatic carbocycles. The van der Waals surface area contributed by atoms with Crippen LogP contribution in [0.1, 0.15) is 12.0 Å². The average molecular weight is 548 g/mol. The molecule has 0 aromatic heterocycles. The van der Waals surface area contributed by atoms with Gasteiger partial charge in [0.1, 0.15) is 35.3 Å². The number of halogens is 1. The van der Waals surface area contributed by atoms with E-state index in [1.54, 1.807) is 0 Å². The third-order valence-electron chi connectivity index (χ3n) is 5.72. The second-order valence-electron chi connectivity index (χ2n) is 7.67. The van der Waals surface area contributed by atoms with Gasteiger partial charge in [0.15, 0.2) is 0 Å². The largest absolute Gasteiger partial charge is 1.00 e.